The number of benzene rings is 4. The molecule has 0 fully saturated rings. The maximum absolute atomic E-state index is 12.1. The van der Waals surface area contributed by atoms with Crippen LogP contribution >= 0.6 is 0 Å². The van der Waals surface area contributed by atoms with Gasteiger partial charge in [-0.05, 0) is 41.7 Å². The first-order chi connectivity index (χ1) is 24.2. The minimum atomic E-state index is -0.110. The van der Waals surface area contributed by atoms with Crippen LogP contribution in [-0.2, 0) is 15.9 Å². The van der Waals surface area contributed by atoms with Gasteiger partial charge in [-0.3, -0.25) is 4.79 Å². The number of nitrogens with one attached hydrogen (secondary N) is 4. The van der Waals surface area contributed by atoms with Crippen LogP contribution in [0.25, 0.3) is 0 Å². The molecule has 0 saturated heterocycles. The SMILES string of the molecule is O=C(NCCOCCOCCNc1nc(NCCc2ccccc2)nc(NCCC(c2ccccc2)c2ccccc2)n1)c1ccccc1. The number of carbonyl (C=O) groups excluding carboxylic acids is 1. The van der Waals surface area contributed by atoms with E-state index in [4.69, 9.17) is 9.47 Å². The average Bonchev–Trinajstić information content (AvgIpc) is 3.15. The first kappa shape index (κ1) is 35.0. The molecule has 0 saturated carbocycles. The van der Waals surface area contributed by atoms with Crippen LogP contribution in [-0.4, -0.2) is 73.5 Å². The van der Waals surface area contributed by atoms with Gasteiger partial charge in [-0.25, -0.2) is 0 Å². The zero-order valence-corrected chi connectivity index (χ0v) is 27.8. The molecule has 0 unspecified atom stereocenters. The number of carbonyl (C=O) groups is 1. The molecular formula is C39H45N7O3. The van der Waals surface area contributed by atoms with Crippen molar-refractivity contribution in [2.75, 3.05) is 68.6 Å². The number of hydrogen-bond donors (Lipinski definition) is 4. The first-order valence-electron chi connectivity index (χ1n) is 16.8. The van der Waals surface area contributed by atoms with Gasteiger partial charge in [0, 0.05) is 37.7 Å². The fraction of sp³-hybridized carbons (Fsp3) is 0.282. The fourth-order valence-electron chi connectivity index (χ4n) is 5.29. The summed E-state index contributed by atoms with van der Waals surface area (Å²) < 4.78 is 11.3. The van der Waals surface area contributed by atoms with Gasteiger partial charge in [0.15, 0.2) is 0 Å². The molecule has 1 amide bonds. The molecule has 10 heteroatoms. The highest BCUT2D eigenvalue weighted by molar-refractivity contribution is 5.94. The van der Waals surface area contributed by atoms with E-state index in [0.717, 1.165) is 12.8 Å². The zero-order valence-electron chi connectivity index (χ0n) is 27.8. The van der Waals surface area contributed by atoms with Gasteiger partial charge in [-0.15, -0.1) is 0 Å². The number of rotatable bonds is 21. The lowest BCUT2D eigenvalue weighted by Gasteiger charge is -2.19. The topological polar surface area (TPSA) is 122 Å². The monoisotopic (exact) mass is 659 g/mol. The lowest BCUT2D eigenvalue weighted by Crippen LogP contribution is -2.27. The van der Waals surface area contributed by atoms with Gasteiger partial charge in [0.1, 0.15) is 0 Å². The fourth-order valence-corrected chi connectivity index (χ4v) is 5.29. The summed E-state index contributed by atoms with van der Waals surface area (Å²) in [5, 5.41) is 12.9. The predicted octanol–water partition coefficient (Wildman–Crippen LogP) is 6.04. The number of anilines is 3. The van der Waals surface area contributed by atoms with Crippen molar-refractivity contribution in [3.8, 4) is 0 Å². The van der Waals surface area contributed by atoms with Crippen molar-refractivity contribution in [1.82, 2.24) is 20.3 Å². The van der Waals surface area contributed by atoms with Gasteiger partial charge in [0.2, 0.25) is 17.8 Å². The lowest BCUT2D eigenvalue weighted by atomic mass is 9.88. The molecule has 0 aliphatic rings. The largest absolute Gasteiger partial charge is 0.377 e. The number of ether oxygens (including phenoxy) is 2. The third-order valence-electron chi connectivity index (χ3n) is 7.76. The van der Waals surface area contributed by atoms with E-state index in [2.05, 4.69) is 96.9 Å². The molecule has 0 aliphatic carbocycles. The summed E-state index contributed by atoms with van der Waals surface area (Å²) in [6.07, 6.45) is 1.72. The van der Waals surface area contributed by atoms with Crippen LogP contribution in [0.5, 0.6) is 0 Å². The van der Waals surface area contributed by atoms with E-state index in [1.165, 1.54) is 16.7 Å². The molecule has 254 valence electrons. The zero-order chi connectivity index (χ0) is 33.8. The van der Waals surface area contributed by atoms with Gasteiger partial charge in [-0.1, -0.05) is 109 Å². The molecule has 1 heterocycles. The van der Waals surface area contributed by atoms with Crippen LogP contribution in [0.4, 0.5) is 17.8 Å². The molecule has 0 spiro atoms. The van der Waals surface area contributed by atoms with Gasteiger partial charge in [-0.2, -0.15) is 15.0 Å². The Hall–Kier alpha value is -5.32. The summed E-state index contributed by atoms with van der Waals surface area (Å²) >= 11 is 0. The van der Waals surface area contributed by atoms with Crippen LogP contribution in [0.3, 0.4) is 0 Å². The number of aromatic nitrogens is 3. The highest BCUT2D eigenvalue weighted by Gasteiger charge is 2.14. The maximum Gasteiger partial charge on any atom is 0.251 e. The minimum absolute atomic E-state index is 0.110. The van der Waals surface area contributed by atoms with E-state index in [1.54, 1.807) is 12.1 Å². The summed E-state index contributed by atoms with van der Waals surface area (Å²) in [4.78, 5) is 26.0. The normalized spacial score (nSPS) is 10.9. The summed E-state index contributed by atoms with van der Waals surface area (Å²) in [6, 6.07) is 40.6. The molecule has 49 heavy (non-hydrogen) atoms. The Bertz CT molecular complexity index is 1610. The van der Waals surface area contributed by atoms with Crippen LogP contribution in [0.15, 0.2) is 121 Å². The number of nitrogens with zero attached hydrogens (tertiary/aromatic N) is 3. The smallest absolute Gasteiger partial charge is 0.251 e. The van der Waals surface area contributed by atoms with Crippen LogP contribution in [0.2, 0.25) is 0 Å². The Kier molecular flexibility index (Phi) is 14.4. The molecule has 1 aromatic heterocycles. The van der Waals surface area contributed by atoms with Crippen LogP contribution in [0, 0.1) is 0 Å². The molecule has 0 aliphatic heterocycles. The Morgan fingerprint density at radius 1 is 0.531 bits per heavy atom. The summed E-state index contributed by atoms with van der Waals surface area (Å²) in [7, 11) is 0. The van der Waals surface area contributed by atoms with Gasteiger partial charge < -0.3 is 30.7 Å². The lowest BCUT2D eigenvalue weighted by molar-refractivity contribution is 0.0519. The molecule has 10 nitrogen and oxygen atoms in total. The highest BCUT2D eigenvalue weighted by Crippen LogP contribution is 2.27. The molecule has 0 atom stereocenters. The maximum atomic E-state index is 12.1. The van der Waals surface area contributed by atoms with Gasteiger partial charge in [0.05, 0.1) is 26.4 Å². The van der Waals surface area contributed by atoms with Crippen molar-refractivity contribution in [1.29, 1.82) is 0 Å². The van der Waals surface area contributed by atoms with Gasteiger partial charge >= 0.3 is 0 Å². The standard InChI is InChI=1S/C39H45N7O3/c47-36(34-19-11-4-12-20-34)40-25-27-48-29-30-49-28-26-43-39-45-37(41-23-21-31-13-5-1-6-14-31)44-38(46-39)42-24-22-35(32-15-7-2-8-16-32)33-17-9-3-10-18-33/h1-20,35H,21-30H2,(H,40,47)(H3,41,42,43,44,45,46). The molecule has 5 aromatic rings. The van der Waals surface area contributed by atoms with E-state index in [1.807, 2.05) is 48.5 Å². The Labute approximate surface area is 288 Å². The quantitative estimate of drug-likeness (QED) is 0.0699. The first-order valence-corrected chi connectivity index (χ1v) is 16.8. The molecule has 5 rings (SSSR count). The van der Waals surface area contributed by atoms with Crippen molar-refractivity contribution in [2.45, 2.75) is 18.8 Å². The molecule has 0 bridgehead atoms. The van der Waals surface area contributed by atoms with E-state index in [0.29, 0.717) is 76.0 Å². The third-order valence-corrected chi connectivity index (χ3v) is 7.76. The van der Waals surface area contributed by atoms with Crippen molar-refractivity contribution < 1.29 is 14.3 Å². The summed E-state index contributed by atoms with van der Waals surface area (Å²) in [5.74, 6) is 1.62. The minimum Gasteiger partial charge on any atom is -0.377 e. The Morgan fingerprint density at radius 2 is 1.00 bits per heavy atom. The van der Waals surface area contributed by atoms with Crippen LogP contribution in [0.1, 0.15) is 39.4 Å². The van der Waals surface area contributed by atoms with E-state index >= 15 is 0 Å². The number of amides is 1. The molecule has 4 aromatic carbocycles. The molecular weight excluding hydrogens is 614 g/mol. The molecule has 4 N–H and O–H groups in total. The third kappa shape index (κ3) is 12.3. The number of hydrogen-bond acceptors (Lipinski definition) is 9. The van der Waals surface area contributed by atoms with E-state index in [-0.39, 0.29) is 11.8 Å². The second-order valence-corrected chi connectivity index (χ2v) is 11.3. The van der Waals surface area contributed by atoms with E-state index in [9.17, 15) is 4.79 Å². The Balaban J connectivity index is 1.08. The summed E-state index contributed by atoms with van der Waals surface area (Å²) in [6.45, 7) is 4.07. The highest BCUT2D eigenvalue weighted by atomic mass is 16.5. The summed E-state index contributed by atoms with van der Waals surface area (Å²) in [5.41, 5.74) is 4.43. The Morgan fingerprint density at radius 3 is 1.57 bits per heavy atom. The van der Waals surface area contributed by atoms with E-state index < -0.39 is 0 Å². The van der Waals surface area contributed by atoms with Crippen molar-refractivity contribution in [3.63, 3.8) is 0 Å². The average molecular weight is 660 g/mol. The second kappa shape index (κ2) is 20.1. The second-order valence-electron chi connectivity index (χ2n) is 11.3. The van der Waals surface area contributed by atoms with Crippen molar-refractivity contribution in [2.24, 2.45) is 0 Å². The van der Waals surface area contributed by atoms with Crippen molar-refractivity contribution >= 4 is 23.8 Å². The van der Waals surface area contributed by atoms with Crippen molar-refractivity contribution in [3.05, 3.63) is 144 Å². The molecule has 0 radical (unpaired) electrons. The van der Waals surface area contributed by atoms with Crippen LogP contribution < -0.4 is 21.3 Å². The van der Waals surface area contributed by atoms with Gasteiger partial charge in [0.25, 0.3) is 5.91 Å². The predicted molar refractivity (Wildman–Crippen MR) is 195 cm³/mol.